The summed E-state index contributed by atoms with van der Waals surface area (Å²) in [5, 5.41) is 4.48. The number of fused-ring (bicyclic) bond motifs is 3. The summed E-state index contributed by atoms with van der Waals surface area (Å²) in [6.45, 7) is 0.564. The highest BCUT2D eigenvalue weighted by molar-refractivity contribution is 7.92. The van der Waals surface area contributed by atoms with Crippen molar-refractivity contribution in [3.8, 4) is 5.75 Å². The molecule has 0 bridgehead atoms. The fourth-order valence-corrected chi connectivity index (χ4v) is 4.04. The van der Waals surface area contributed by atoms with E-state index in [0.29, 0.717) is 35.6 Å². The molecule has 1 aromatic heterocycles. The van der Waals surface area contributed by atoms with Crippen LogP contribution < -0.4 is 14.8 Å². The molecule has 1 saturated heterocycles. The second kappa shape index (κ2) is 5.91. The number of methoxy groups -OCH3 is 1. The Labute approximate surface area is 150 Å². The summed E-state index contributed by atoms with van der Waals surface area (Å²) in [4.78, 5) is 11.7. The van der Waals surface area contributed by atoms with Crippen LogP contribution in [0.25, 0.3) is 21.9 Å². The van der Waals surface area contributed by atoms with E-state index >= 15 is 0 Å². The van der Waals surface area contributed by atoms with E-state index in [1.54, 1.807) is 25.3 Å². The summed E-state index contributed by atoms with van der Waals surface area (Å²) in [5.41, 5.74) is 2.66. The quantitative estimate of drug-likeness (QED) is 0.731. The molecule has 7 nitrogen and oxygen atoms in total. The lowest BCUT2D eigenvalue weighted by molar-refractivity contribution is -0.119. The molecule has 26 heavy (non-hydrogen) atoms. The first kappa shape index (κ1) is 16.7. The van der Waals surface area contributed by atoms with Gasteiger partial charge in [0.05, 0.1) is 13.4 Å². The van der Waals surface area contributed by atoms with E-state index in [1.807, 2.05) is 12.1 Å². The number of furan rings is 1. The fourth-order valence-electron chi connectivity index (χ4n) is 3.49. The highest BCUT2D eigenvalue weighted by Gasteiger charge is 2.27. The number of carbonyl (C=O) groups is 1. The second-order valence-corrected chi connectivity index (χ2v) is 8.20. The van der Waals surface area contributed by atoms with Crippen molar-refractivity contribution < 1.29 is 22.4 Å². The summed E-state index contributed by atoms with van der Waals surface area (Å²) in [6, 6.07) is 8.90. The Hall–Kier alpha value is -2.74. The van der Waals surface area contributed by atoms with Gasteiger partial charge in [-0.3, -0.25) is 9.52 Å². The van der Waals surface area contributed by atoms with Crippen molar-refractivity contribution in [1.82, 2.24) is 5.32 Å². The van der Waals surface area contributed by atoms with E-state index in [2.05, 4.69) is 10.0 Å². The minimum Gasteiger partial charge on any atom is -0.493 e. The molecule has 0 aliphatic carbocycles. The number of rotatable bonds is 4. The van der Waals surface area contributed by atoms with Crippen molar-refractivity contribution in [3.05, 3.63) is 35.9 Å². The van der Waals surface area contributed by atoms with Crippen molar-refractivity contribution in [2.75, 3.05) is 24.6 Å². The van der Waals surface area contributed by atoms with Crippen molar-refractivity contribution >= 4 is 43.6 Å². The Bertz CT molecular complexity index is 1130. The number of nitrogens with one attached hydrogen (secondary N) is 2. The van der Waals surface area contributed by atoms with Crippen molar-refractivity contribution in [1.29, 1.82) is 0 Å². The van der Waals surface area contributed by atoms with Gasteiger partial charge in [-0.2, -0.15) is 0 Å². The van der Waals surface area contributed by atoms with Crippen molar-refractivity contribution in [2.45, 2.75) is 12.3 Å². The van der Waals surface area contributed by atoms with Crippen LogP contribution >= 0.6 is 0 Å². The molecule has 3 aromatic rings. The third kappa shape index (κ3) is 2.86. The molecule has 0 saturated carbocycles. The summed E-state index contributed by atoms with van der Waals surface area (Å²) in [5.74, 6) is 0.643. The van der Waals surface area contributed by atoms with Gasteiger partial charge in [-0.05, 0) is 29.8 Å². The first-order valence-corrected chi connectivity index (χ1v) is 10.0. The molecule has 0 radical (unpaired) electrons. The zero-order valence-corrected chi connectivity index (χ0v) is 15.1. The first-order chi connectivity index (χ1) is 12.4. The van der Waals surface area contributed by atoms with Crippen LogP contribution in [-0.4, -0.2) is 34.2 Å². The van der Waals surface area contributed by atoms with Crippen LogP contribution in [0, 0.1) is 0 Å². The van der Waals surface area contributed by atoms with Gasteiger partial charge in [0, 0.05) is 35.3 Å². The maximum absolute atomic E-state index is 11.7. The van der Waals surface area contributed by atoms with Gasteiger partial charge in [-0.1, -0.05) is 6.07 Å². The second-order valence-electron chi connectivity index (χ2n) is 6.45. The maximum atomic E-state index is 11.7. The number of amides is 1. The standard InChI is InChI=1S/C18H18N2O5S/c1-24-15-6-4-12(10-7-16(21)19-9-10)17-13-8-11(20-26(2,22)23)3-5-14(13)25-18(15)17/h3-6,8,10,20H,7,9H2,1-2H3,(H,19,21)/t10-/m1/s1. The Morgan fingerprint density at radius 3 is 2.73 bits per heavy atom. The third-order valence-corrected chi connectivity index (χ3v) is 5.16. The van der Waals surface area contributed by atoms with Crippen LogP contribution in [-0.2, 0) is 14.8 Å². The van der Waals surface area contributed by atoms with Crippen LogP contribution in [0.2, 0.25) is 0 Å². The van der Waals surface area contributed by atoms with Gasteiger partial charge in [0.2, 0.25) is 15.9 Å². The number of hydrogen-bond acceptors (Lipinski definition) is 5. The molecule has 1 aliphatic heterocycles. The smallest absolute Gasteiger partial charge is 0.229 e. The van der Waals surface area contributed by atoms with Crippen LogP contribution in [0.4, 0.5) is 5.69 Å². The van der Waals surface area contributed by atoms with Gasteiger partial charge in [0.1, 0.15) is 5.58 Å². The van der Waals surface area contributed by atoms with Gasteiger partial charge in [0.25, 0.3) is 0 Å². The van der Waals surface area contributed by atoms with E-state index in [4.69, 9.17) is 9.15 Å². The molecular formula is C18H18N2O5S. The topological polar surface area (TPSA) is 97.6 Å². The molecule has 136 valence electrons. The van der Waals surface area contributed by atoms with E-state index in [1.165, 1.54) is 0 Å². The zero-order valence-electron chi connectivity index (χ0n) is 14.3. The zero-order chi connectivity index (χ0) is 18.5. The minimum atomic E-state index is -3.39. The van der Waals surface area contributed by atoms with Gasteiger partial charge in [0.15, 0.2) is 11.3 Å². The average molecular weight is 374 g/mol. The van der Waals surface area contributed by atoms with Crippen LogP contribution in [0.3, 0.4) is 0 Å². The van der Waals surface area contributed by atoms with Crippen LogP contribution in [0.1, 0.15) is 17.9 Å². The summed E-state index contributed by atoms with van der Waals surface area (Å²) < 4.78 is 37.0. The van der Waals surface area contributed by atoms with E-state index in [0.717, 1.165) is 22.6 Å². The van der Waals surface area contributed by atoms with Gasteiger partial charge in [-0.25, -0.2) is 8.42 Å². The normalized spacial score (nSPS) is 17.6. The van der Waals surface area contributed by atoms with Crippen molar-refractivity contribution in [2.24, 2.45) is 0 Å². The average Bonchev–Trinajstić information content (AvgIpc) is 3.16. The first-order valence-electron chi connectivity index (χ1n) is 8.13. The SMILES string of the molecule is COc1ccc([C@H]2CNC(=O)C2)c2c1oc1ccc(NS(C)(=O)=O)cc12. The van der Waals surface area contributed by atoms with Crippen LogP contribution in [0.5, 0.6) is 5.75 Å². The molecule has 2 N–H and O–H groups in total. The lowest BCUT2D eigenvalue weighted by Crippen LogP contribution is -2.13. The molecule has 1 amide bonds. The predicted octanol–water partition coefficient (Wildman–Crippen LogP) is 2.57. The number of carbonyl (C=O) groups excluding carboxylic acids is 1. The molecule has 1 atom stereocenters. The van der Waals surface area contributed by atoms with Gasteiger partial charge in [-0.15, -0.1) is 0 Å². The Balaban J connectivity index is 1.98. The number of benzene rings is 2. The highest BCUT2D eigenvalue weighted by Crippen LogP contribution is 2.41. The Morgan fingerprint density at radius 1 is 1.27 bits per heavy atom. The van der Waals surface area contributed by atoms with E-state index in [-0.39, 0.29) is 11.8 Å². The fraction of sp³-hybridized carbons (Fsp3) is 0.278. The third-order valence-electron chi connectivity index (χ3n) is 4.56. The summed E-state index contributed by atoms with van der Waals surface area (Å²) >= 11 is 0. The molecule has 2 heterocycles. The molecular weight excluding hydrogens is 356 g/mol. The minimum absolute atomic E-state index is 0.0196. The number of sulfonamides is 1. The highest BCUT2D eigenvalue weighted by atomic mass is 32.2. The molecule has 8 heteroatoms. The molecule has 4 rings (SSSR count). The lowest BCUT2D eigenvalue weighted by Gasteiger charge is -2.11. The monoisotopic (exact) mass is 374 g/mol. The predicted molar refractivity (Wildman–Crippen MR) is 99.1 cm³/mol. The largest absolute Gasteiger partial charge is 0.493 e. The van der Waals surface area contributed by atoms with Gasteiger partial charge < -0.3 is 14.5 Å². The molecule has 1 aliphatic rings. The number of anilines is 1. The lowest BCUT2D eigenvalue weighted by atomic mass is 9.93. The number of ether oxygens (including phenoxy) is 1. The molecule has 0 spiro atoms. The molecule has 2 aromatic carbocycles. The summed E-state index contributed by atoms with van der Waals surface area (Å²) in [7, 11) is -1.82. The Kier molecular flexibility index (Phi) is 3.80. The molecule has 1 fully saturated rings. The molecule has 0 unspecified atom stereocenters. The Morgan fingerprint density at radius 2 is 2.08 bits per heavy atom. The van der Waals surface area contributed by atoms with E-state index in [9.17, 15) is 13.2 Å². The van der Waals surface area contributed by atoms with Gasteiger partial charge >= 0.3 is 0 Å². The summed E-state index contributed by atoms with van der Waals surface area (Å²) in [6.07, 6.45) is 1.52. The van der Waals surface area contributed by atoms with E-state index < -0.39 is 10.0 Å². The van der Waals surface area contributed by atoms with Crippen molar-refractivity contribution in [3.63, 3.8) is 0 Å². The van der Waals surface area contributed by atoms with Crippen LogP contribution in [0.15, 0.2) is 34.7 Å². The maximum Gasteiger partial charge on any atom is 0.229 e. The number of hydrogen-bond donors (Lipinski definition) is 2.